The van der Waals surface area contributed by atoms with Gasteiger partial charge in [0.15, 0.2) is 0 Å². The van der Waals surface area contributed by atoms with Crippen molar-refractivity contribution >= 4 is 17.2 Å². The maximum atomic E-state index is 8.86. The summed E-state index contributed by atoms with van der Waals surface area (Å²) in [6.45, 7) is 3.65. The van der Waals surface area contributed by atoms with Crippen molar-refractivity contribution in [3.63, 3.8) is 0 Å². The third kappa shape index (κ3) is 5.84. The lowest BCUT2D eigenvalue weighted by Crippen LogP contribution is -2.04. The van der Waals surface area contributed by atoms with Crippen LogP contribution in [0.5, 0.6) is 0 Å². The molecule has 2 aromatic rings. The molecular formula is C20H23N5. The summed E-state index contributed by atoms with van der Waals surface area (Å²) in [6.07, 6.45) is 4.49. The number of unbranched alkanes of at least 4 members (excludes halogenated alkanes) is 1. The summed E-state index contributed by atoms with van der Waals surface area (Å²) >= 11 is 0. The molecule has 0 amide bonds. The molecule has 5 nitrogen and oxygen atoms in total. The minimum absolute atomic E-state index is 0.631. The van der Waals surface area contributed by atoms with E-state index in [-0.39, 0.29) is 0 Å². The Labute approximate surface area is 149 Å². The van der Waals surface area contributed by atoms with E-state index in [2.05, 4.69) is 40.5 Å². The Bertz CT molecular complexity index is 778. The standard InChI is InChI=1S/C20H23N5/c1-2-12-23-19-13-20(24-15-17(19)6-4-3-5-11-21)25-18-9-7-16(14-22)8-10-18/h7-10,13,15H,2-3,5,11-12,21H2,1H3,(H2,23,24,25). The largest absolute Gasteiger partial charge is 0.384 e. The molecular weight excluding hydrogens is 310 g/mol. The van der Waals surface area contributed by atoms with Crippen molar-refractivity contribution in [1.29, 1.82) is 5.26 Å². The van der Waals surface area contributed by atoms with Gasteiger partial charge in [-0.15, -0.1) is 0 Å². The fraction of sp³-hybridized carbons (Fsp3) is 0.300. The van der Waals surface area contributed by atoms with Gasteiger partial charge in [0.05, 0.1) is 22.9 Å². The van der Waals surface area contributed by atoms with Crippen LogP contribution in [0.1, 0.15) is 37.3 Å². The van der Waals surface area contributed by atoms with Crippen LogP contribution in [0.4, 0.5) is 17.2 Å². The number of pyridine rings is 1. The number of nitrogens with two attached hydrogens (primary N) is 1. The van der Waals surface area contributed by atoms with Crippen LogP contribution in [0.2, 0.25) is 0 Å². The number of anilines is 3. The van der Waals surface area contributed by atoms with Crippen LogP contribution < -0.4 is 16.4 Å². The highest BCUT2D eigenvalue weighted by atomic mass is 15.0. The van der Waals surface area contributed by atoms with Crippen molar-refractivity contribution in [1.82, 2.24) is 4.98 Å². The summed E-state index contributed by atoms with van der Waals surface area (Å²) in [5, 5.41) is 15.5. The quantitative estimate of drug-likeness (QED) is 0.532. The second-order valence-corrected chi connectivity index (χ2v) is 5.55. The Morgan fingerprint density at radius 2 is 2.04 bits per heavy atom. The lowest BCUT2D eigenvalue weighted by atomic mass is 10.2. The monoisotopic (exact) mass is 333 g/mol. The topological polar surface area (TPSA) is 86.8 Å². The number of hydrogen-bond donors (Lipinski definition) is 3. The van der Waals surface area contributed by atoms with Crippen molar-refractivity contribution < 1.29 is 0 Å². The normalized spacial score (nSPS) is 9.64. The summed E-state index contributed by atoms with van der Waals surface area (Å²) in [7, 11) is 0. The van der Waals surface area contributed by atoms with Crippen LogP contribution in [-0.2, 0) is 0 Å². The van der Waals surface area contributed by atoms with Crippen molar-refractivity contribution in [3.8, 4) is 17.9 Å². The number of nitrogens with one attached hydrogen (secondary N) is 2. The van der Waals surface area contributed by atoms with Gasteiger partial charge in [0.2, 0.25) is 0 Å². The van der Waals surface area contributed by atoms with Crippen molar-refractivity contribution in [2.45, 2.75) is 26.2 Å². The fourth-order valence-electron chi connectivity index (χ4n) is 2.15. The average Bonchev–Trinajstić information content (AvgIpc) is 2.65. The molecule has 25 heavy (non-hydrogen) atoms. The van der Waals surface area contributed by atoms with Crippen LogP contribution in [0, 0.1) is 23.2 Å². The number of benzene rings is 1. The van der Waals surface area contributed by atoms with Crippen molar-refractivity contribution in [3.05, 3.63) is 47.7 Å². The molecule has 0 fully saturated rings. The van der Waals surface area contributed by atoms with E-state index < -0.39 is 0 Å². The Balaban J connectivity index is 2.17. The number of hydrogen-bond acceptors (Lipinski definition) is 5. The molecule has 1 aromatic carbocycles. The lowest BCUT2D eigenvalue weighted by Gasteiger charge is -2.11. The van der Waals surface area contributed by atoms with E-state index in [9.17, 15) is 0 Å². The van der Waals surface area contributed by atoms with E-state index in [0.29, 0.717) is 12.1 Å². The van der Waals surface area contributed by atoms with Crippen LogP contribution in [-0.4, -0.2) is 18.1 Å². The third-order valence-corrected chi connectivity index (χ3v) is 3.48. The second-order valence-electron chi connectivity index (χ2n) is 5.55. The third-order valence-electron chi connectivity index (χ3n) is 3.48. The zero-order valence-electron chi connectivity index (χ0n) is 14.5. The maximum absolute atomic E-state index is 8.86. The average molecular weight is 333 g/mol. The molecule has 1 heterocycles. The predicted octanol–water partition coefficient (Wildman–Crippen LogP) is 3.61. The first kappa shape index (κ1) is 18.3. The highest BCUT2D eigenvalue weighted by Crippen LogP contribution is 2.21. The van der Waals surface area contributed by atoms with Crippen LogP contribution in [0.3, 0.4) is 0 Å². The summed E-state index contributed by atoms with van der Waals surface area (Å²) in [4.78, 5) is 4.44. The molecule has 5 heteroatoms. The van der Waals surface area contributed by atoms with Crippen molar-refractivity contribution in [2.24, 2.45) is 5.73 Å². The summed E-state index contributed by atoms with van der Waals surface area (Å²) in [5.74, 6) is 7.04. The maximum Gasteiger partial charge on any atom is 0.132 e. The van der Waals surface area contributed by atoms with Gasteiger partial charge in [-0.1, -0.05) is 18.8 Å². The van der Waals surface area contributed by atoms with E-state index in [1.165, 1.54) is 0 Å². The van der Waals surface area contributed by atoms with Crippen LogP contribution in [0.25, 0.3) is 0 Å². The molecule has 0 radical (unpaired) electrons. The minimum Gasteiger partial charge on any atom is -0.384 e. The van der Waals surface area contributed by atoms with Gasteiger partial charge in [0.25, 0.3) is 0 Å². The molecule has 0 spiro atoms. The lowest BCUT2D eigenvalue weighted by molar-refractivity contribution is 0.870. The van der Waals surface area contributed by atoms with E-state index in [1.54, 1.807) is 18.3 Å². The smallest absolute Gasteiger partial charge is 0.132 e. The molecule has 0 aliphatic carbocycles. The zero-order chi connectivity index (χ0) is 17.9. The SMILES string of the molecule is CCCNc1cc(Nc2ccc(C#N)cc2)ncc1C#CCCCN. The fourth-order valence-corrected chi connectivity index (χ4v) is 2.15. The van der Waals surface area contributed by atoms with Gasteiger partial charge in [-0.25, -0.2) is 4.98 Å². The van der Waals surface area contributed by atoms with Crippen LogP contribution in [0.15, 0.2) is 36.5 Å². The number of nitriles is 1. The molecule has 0 saturated heterocycles. The number of aromatic nitrogens is 1. The highest BCUT2D eigenvalue weighted by molar-refractivity contribution is 5.66. The van der Waals surface area contributed by atoms with Gasteiger partial charge >= 0.3 is 0 Å². The first-order valence-corrected chi connectivity index (χ1v) is 8.47. The second kappa shape index (κ2) is 9.97. The molecule has 4 N–H and O–H groups in total. The van der Waals surface area contributed by atoms with Gasteiger partial charge in [-0.2, -0.15) is 5.26 Å². The van der Waals surface area contributed by atoms with E-state index >= 15 is 0 Å². The van der Waals surface area contributed by atoms with Gasteiger partial charge in [-0.3, -0.25) is 0 Å². The molecule has 0 aliphatic heterocycles. The van der Waals surface area contributed by atoms with Crippen molar-refractivity contribution in [2.75, 3.05) is 23.7 Å². The summed E-state index contributed by atoms with van der Waals surface area (Å²) < 4.78 is 0. The van der Waals surface area contributed by atoms with Gasteiger partial charge in [0, 0.05) is 30.9 Å². The molecule has 0 unspecified atom stereocenters. The van der Waals surface area contributed by atoms with Gasteiger partial charge in [0.1, 0.15) is 5.82 Å². The molecule has 0 saturated carbocycles. The molecule has 128 valence electrons. The molecule has 2 rings (SSSR count). The molecule has 0 bridgehead atoms. The van der Waals surface area contributed by atoms with Crippen LogP contribution >= 0.6 is 0 Å². The van der Waals surface area contributed by atoms with Gasteiger partial charge < -0.3 is 16.4 Å². The number of rotatable bonds is 7. The minimum atomic E-state index is 0.631. The highest BCUT2D eigenvalue weighted by Gasteiger charge is 2.04. The summed E-state index contributed by atoms with van der Waals surface area (Å²) in [5.41, 5.74) is 8.86. The Kier molecular flexibility index (Phi) is 7.31. The molecule has 0 atom stereocenters. The van der Waals surface area contributed by atoms with E-state index in [4.69, 9.17) is 11.0 Å². The van der Waals surface area contributed by atoms with Gasteiger partial charge in [-0.05, 0) is 43.7 Å². The first-order valence-electron chi connectivity index (χ1n) is 8.47. The Morgan fingerprint density at radius 1 is 1.24 bits per heavy atom. The molecule has 0 aliphatic rings. The first-order chi connectivity index (χ1) is 12.3. The zero-order valence-corrected chi connectivity index (χ0v) is 14.5. The Morgan fingerprint density at radius 3 is 2.72 bits per heavy atom. The van der Waals surface area contributed by atoms with E-state index in [0.717, 1.165) is 48.6 Å². The number of nitrogens with zero attached hydrogens (tertiary/aromatic N) is 2. The van der Waals surface area contributed by atoms with E-state index in [1.807, 2.05) is 18.2 Å². The Hall–Kier alpha value is -3.02. The predicted molar refractivity (Wildman–Crippen MR) is 103 cm³/mol. The summed E-state index contributed by atoms with van der Waals surface area (Å²) in [6, 6.07) is 11.3. The molecule has 1 aromatic heterocycles.